The average Bonchev–Trinajstić information content (AvgIpc) is 2.62. The van der Waals surface area contributed by atoms with Crippen LogP contribution in [0.3, 0.4) is 0 Å². The van der Waals surface area contributed by atoms with Gasteiger partial charge >= 0.3 is 0 Å². The van der Waals surface area contributed by atoms with E-state index in [2.05, 4.69) is 5.32 Å². The molecule has 3 aromatic carbocycles. The van der Waals surface area contributed by atoms with Gasteiger partial charge in [-0.3, -0.25) is 9.59 Å². The molecule has 3 aromatic rings. The Kier molecular flexibility index (Phi) is 4.52. The number of rotatable bonds is 4. The first-order valence-electron chi connectivity index (χ1n) is 7.72. The van der Waals surface area contributed by atoms with E-state index in [1.807, 2.05) is 49.4 Å². The molecule has 118 valence electrons. The van der Waals surface area contributed by atoms with Crippen molar-refractivity contribution in [1.29, 1.82) is 0 Å². The van der Waals surface area contributed by atoms with E-state index in [1.54, 1.807) is 36.4 Å². The van der Waals surface area contributed by atoms with E-state index < -0.39 is 0 Å². The SMILES string of the molecule is Cc1cccc(NC(=O)c2ccccc2C(=O)c2ccccc2)c1. The van der Waals surface area contributed by atoms with Gasteiger partial charge in [0.25, 0.3) is 5.91 Å². The number of hydrogen-bond donors (Lipinski definition) is 1. The molecule has 0 aliphatic carbocycles. The zero-order valence-corrected chi connectivity index (χ0v) is 13.3. The first kappa shape index (κ1) is 15.7. The van der Waals surface area contributed by atoms with Crippen LogP contribution in [0, 0.1) is 6.92 Å². The molecule has 3 nitrogen and oxygen atoms in total. The molecule has 0 saturated heterocycles. The highest BCUT2D eigenvalue weighted by Crippen LogP contribution is 2.17. The molecule has 0 spiro atoms. The Labute approximate surface area is 141 Å². The maximum absolute atomic E-state index is 12.7. The topological polar surface area (TPSA) is 46.2 Å². The van der Waals surface area contributed by atoms with E-state index in [0.717, 1.165) is 5.56 Å². The molecular formula is C21H17NO2. The third kappa shape index (κ3) is 3.41. The van der Waals surface area contributed by atoms with Crippen molar-refractivity contribution in [1.82, 2.24) is 0 Å². The van der Waals surface area contributed by atoms with Gasteiger partial charge in [0.05, 0.1) is 5.56 Å². The minimum Gasteiger partial charge on any atom is -0.322 e. The summed E-state index contributed by atoms with van der Waals surface area (Å²) in [4.78, 5) is 25.3. The van der Waals surface area contributed by atoms with Gasteiger partial charge in [0, 0.05) is 16.8 Å². The fourth-order valence-electron chi connectivity index (χ4n) is 2.55. The van der Waals surface area contributed by atoms with Gasteiger partial charge in [0.2, 0.25) is 0 Å². The summed E-state index contributed by atoms with van der Waals surface area (Å²) in [6, 6.07) is 23.4. The Hall–Kier alpha value is -3.20. The Morgan fingerprint density at radius 1 is 0.750 bits per heavy atom. The molecule has 0 bridgehead atoms. The van der Waals surface area contributed by atoms with Gasteiger partial charge in [-0.25, -0.2) is 0 Å². The molecule has 3 rings (SSSR count). The van der Waals surface area contributed by atoms with Crippen LogP contribution in [0.5, 0.6) is 0 Å². The highest BCUT2D eigenvalue weighted by atomic mass is 16.2. The second-order valence-electron chi connectivity index (χ2n) is 5.56. The van der Waals surface area contributed by atoms with Crippen LogP contribution in [0.1, 0.15) is 31.8 Å². The van der Waals surface area contributed by atoms with Crippen LogP contribution >= 0.6 is 0 Å². The molecule has 0 radical (unpaired) electrons. The van der Waals surface area contributed by atoms with Crippen molar-refractivity contribution in [3.8, 4) is 0 Å². The molecule has 0 heterocycles. The zero-order valence-electron chi connectivity index (χ0n) is 13.3. The van der Waals surface area contributed by atoms with E-state index in [9.17, 15) is 9.59 Å². The number of aryl methyl sites for hydroxylation is 1. The number of benzene rings is 3. The third-order valence-electron chi connectivity index (χ3n) is 3.73. The lowest BCUT2D eigenvalue weighted by Gasteiger charge is -2.10. The van der Waals surface area contributed by atoms with E-state index in [4.69, 9.17) is 0 Å². The van der Waals surface area contributed by atoms with E-state index >= 15 is 0 Å². The van der Waals surface area contributed by atoms with Crippen LogP contribution in [-0.2, 0) is 0 Å². The average molecular weight is 315 g/mol. The number of amides is 1. The van der Waals surface area contributed by atoms with Crippen LogP contribution in [0.4, 0.5) is 5.69 Å². The predicted molar refractivity (Wildman–Crippen MR) is 95.4 cm³/mol. The molecular weight excluding hydrogens is 298 g/mol. The molecule has 0 aliphatic heterocycles. The Morgan fingerprint density at radius 2 is 1.42 bits per heavy atom. The molecule has 24 heavy (non-hydrogen) atoms. The molecule has 0 aromatic heterocycles. The minimum atomic E-state index is -0.291. The Morgan fingerprint density at radius 3 is 2.12 bits per heavy atom. The highest BCUT2D eigenvalue weighted by Gasteiger charge is 2.17. The molecule has 1 N–H and O–H groups in total. The summed E-state index contributed by atoms with van der Waals surface area (Å²) >= 11 is 0. The Balaban J connectivity index is 1.91. The zero-order chi connectivity index (χ0) is 16.9. The summed E-state index contributed by atoms with van der Waals surface area (Å²) in [5, 5.41) is 2.85. The summed E-state index contributed by atoms with van der Waals surface area (Å²) in [5.74, 6) is -0.453. The lowest BCUT2D eigenvalue weighted by atomic mass is 9.98. The van der Waals surface area contributed by atoms with Crippen LogP contribution in [-0.4, -0.2) is 11.7 Å². The lowest BCUT2D eigenvalue weighted by Crippen LogP contribution is -2.17. The van der Waals surface area contributed by atoms with E-state index in [0.29, 0.717) is 22.4 Å². The van der Waals surface area contributed by atoms with Crippen LogP contribution < -0.4 is 5.32 Å². The minimum absolute atomic E-state index is 0.161. The van der Waals surface area contributed by atoms with Gasteiger partial charge < -0.3 is 5.32 Å². The fourth-order valence-corrected chi connectivity index (χ4v) is 2.55. The van der Waals surface area contributed by atoms with Gasteiger partial charge in [-0.05, 0) is 30.7 Å². The van der Waals surface area contributed by atoms with Gasteiger partial charge in [0.15, 0.2) is 5.78 Å². The summed E-state index contributed by atoms with van der Waals surface area (Å²) < 4.78 is 0. The second-order valence-corrected chi connectivity index (χ2v) is 5.56. The standard InChI is InChI=1S/C21H17NO2/c1-15-8-7-11-17(14-15)22-21(24)19-13-6-5-12-18(19)20(23)16-9-3-2-4-10-16/h2-14H,1H3,(H,22,24). The van der Waals surface area contributed by atoms with E-state index in [-0.39, 0.29) is 11.7 Å². The number of nitrogens with one attached hydrogen (secondary N) is 1. The van der Waals surface area contributed by atoms with Crippen LogP contribution in [0.25, 0.3) is 0 Å². The van der Waals surface area contributed by atoms with Crippen molar-refractivity contribution >= 4 is 17.4 Å². The van der Waals surface area contributed by atoms with Crippen LogP contribution in [0.2, 0.25) is 0 Å². The van der Waals surface area contributed by atoms with Crippen molar-refractivity contribution in [2.45, 2.75) is 6.92 Å². The molecule has 3 heteroatoms. The first-order valence-corrected chi connectivity index (χ1v) is 7.72. The maximum Gasteiger partial charge on any atom is 0.256 e. The van der Waals surface area contributed by atoms with Crippen molar-refractivity contribution < 1.29 is 9.59 Å². The number of ketones is 1. The Bertz CT molecular complexity index is 885. The third-order valence-corrected chi connectivity index (χ3v) is 3.73. The molecule has 0 atom stereocenters. The molecule has 0 unspecified atom stereocenters. The lowest BCUT2D eigenvalue weighted by molar-refractivity contribution is 0.0996. The summed E-state index contributed by atoms with van der Waals surface area (Å²) in [5.41, 5.74) is 3.10. The van der Waals surface area contributed by atoms with E-state index in [1.165, 1.54) is 0 Å². The normalized spacial score (nSPS) is 10.2. The van der Waals surface area contributed by atoms with Crippen molar-refractivity contribution in [2.75, 3.05) is 5.32 Å². The summed E-state index contributed by atoms with van der Waals surface area (Å²) in [6.45, 7) is 1.96. The molecule has 1 amide bonds. The summed E-state index contributed by atoms with van der Waals surface area (Å²) in [6.07, 6.45) is 0. The maximum atomic E-state index is 12.7. The largest absolute Gasteiger partial charge is 0.322 e. The smallest absolute Gasteiger partial charge is 0.256 e. The highest BCUT2D eigenvalue weighted by molar-refractivity contribution is 6.17. The van der Waals surface area contributed by atoms with Crippen molar-refractivity contribution in [2.24, 2.45) is 0 Å². The number of anilines is 1. The van der Waals surface area contributed by atoms with Gasteiger partial charge in [-0.2, -0.15) is 0 Å². The summed E-state index contributed by atoms with van der Waals surface area (Å²) in [7, 11) is 0. The molecule has 0 saturated carbocycles. The monoisotopic (exact) mass is 315 g/mol. The van der Waals surface area contributed by atoms with Crippen molar-refractivity contribution in [3.05, 3.63) is 101 Å². The first-order chi connectivity index (χ1) is 11.6. The quantitative estimate of drug-likeness (QED) is 0.722. The van der Waals surface area contributed by atoms with Gasteiger partial charge in [0.1, 0.15) is 0 Å². The second kappa shape index (κ2) is 6.92. The van der Waals surface area contributed by atoms with Crippen LogP contribution in [0.15, 0.2) is 78.9 Å². The molecule has 0 aliphatic rings. The molecule has 0 fully saturated rings. The fraction of sp³-hybridized carbons (Fsp3) is 0.0476. The van der Waals surface area contributed by atoms with Gasteiger partial charge in [-0.15, -0.1) is 0 Å². The van der Waals surface area contributed by atoms with Crippen molar-refractivity contribution in [3.63, 3.8) is 0 Å². The number of carbonyl (C=O) groups excluding carboxylic acids is 2. The number of hydrogen-bond acceptors (Lipinski definition) is 2. The predicted octanol–water partition coefficient (Wildman–Crippen LogP) is 4.48. The number of carbonyl (C=O) groups is 2. The van der Waals surface area contributed by atoms with Gasteiger partial charge in [-0.1, -0.05) is 60.7 Å².